The Balaban J connectivity index is 1.82. The van der Waals surface area contributed by atoms with Gasteiger partial charge in [0.05, 0.1) is 5.25 Å². The lowest BCUT2D eigenvalue weighted by Gasteiger charge is -2.38. The van der Waals surface area contributed by atoms with Crippen molar-refractivity contribution in [3.8, 4) is 0 Å². The molecule has 1 aromatic rings. The van der Waals surface area contributed by atoms with E-state index in [9.17, 15) is 8.42 Å². The van der Waals surface area contributed by atoms with Crippen LogP contribution < -0.4 is 11.1 Å². The fraction of sp³-hybridized carbons (Fsp3) is 0.750. The minimum Gasteiger partial charge on any atom is -0.382 e. The third-order valence-corrected chi connectivity index (χ3v) is 7.44. The van der Waals surface area contributed by atoms with Crippen molar-refractivity contribution in [1.29, 1.82) is 0 Å². The van der Waals surface area contributed by atoms with Crippen molar-refractivity contribution in [2.45, 2.75) is 49.2 Å². The van der Waals surface area contributed by atoms with E-state index in [0.29, 0.717) is 10.4 Å². The smallest absolute Gasteiger partial charge is 0.187 e. The summed E-state index contributed by atoms with van der Waals surface area (Å²) in [5, 5.41) is 3.64. The third kappa shape index (κ3) is 2.33. The van der Waals surface area contributed by atoms with Crippen LogP contribution >= 0.6 is 11.5 Å². The van der Waals surface area contributed by atoms with Crippen LogP contribution in [0, 0.1) is 5.41 Å². The van der Waals surface area contributed by atoms with Gasteiger partial charge in [-0.2, -0.15) is 4.37 Å². The summed E-state index contributed by atoms with van der Waals surface area (Å²) in [6, 6.07) is 0. The predicted molar refractivity (Wildman–Crippen MR) is 77.2 cm³/mol. The number of nitrogens with zero attached hydrogens (tertiary/aromatic N) is 1. The number of nitrogen functional groups attached to an aromatic ring is 1. The molecule has 0 bridgehead atoms. The van der Waals surface area contributed by atoms with Crippen molar-refractivity contribution in [3.05, 3.63) is 0 Å². The molecule has 0 unspecified atom stereocenters. The van der Waals surface area contributed by atoms with Gasteiger partial charge in [-0.25, -0.2) is 8.42 Å². The summed E-state index contributed by atoms with van der Waals surface area (Å²) >= 11 is 1.16. The largest absolute Gasteiger partial charge is 0.382 e. The first-order valence-corrected chi connectivity index (χ1v) is 8.97. The van der Waals surface area contributed by atoms with E-state index >= 15 is 0 Å². The average molecular weight is 301 g/mol. The zero-order valence-electron chi connectivity index (χ0n) is 11.0. The van der Waals surface area contributed by atoms with E-state index in [0.717, 1.165) is 30.9 Å². The molecule has 0 aromatic carbocycles. The summed E-state index contributed by atoms with van der Waals surface area (Å²) in [6.07, 6.45) is 5.14. The fourth-order valence-electron chi connectivity index (χ4n) is 2.48. The summed E-state index contributed by atoms with van der Waals surface area (Å²) in [5.74, 6) is 0.151. The topological polar surface area (TPSA) is 85.1 Å². The summed E-state index contributed by atoms with van der Waals surface area (Å²) in [4.78, 5) is 0.239. The predicted octanol–water partition coefficient (Wildman–Crippen LogP) is 2.26. The van der Waals surface area contributed by atoms with Crippen LogP contribution in [-0.4, -0.2) is 24.6 Å². The summed E-state index contributed by atoms with van der Waals surface area (Å²) < 4.78 is 28.7. The molecule has 0 radical (unpaired) electrons. The molecule has 7 heteroatoms. The van der Waals surface area contributed by atoms with Crippen LogP contribution in [0.3, 0.4) is 0 Å². The average Bonchev–Trinajstić information content (AvgIpc) is 3.09. The zero-order chi connectivity index (χ0) is 13.7. The standard InChI is InChI=1S/C12H19N3O2S2/c1-12(5-2-6-12)7-14-11-9(10(13)15-18-11)19(16,17)8-3-4-8/h8,14H,2-7H2,1H3,(H2,13,15). The minimum absolute atomic E-state index is 0.151. The maximum absolute atomic E-state index is 12.4. The van der Waals surface area contributed by atoms with Gasteiger partial charge in [0.1, 0.15) is 9.90 Å². The number of rotatable bonds is 5. The molecule has 0 saturated heterocycles. The molecule has 0 amide bonds. The van der Waals surface area contributed by atoms with Crippen molar-refractivity contribution in [3.63, 3.8) is 0 Å². The number of nitrogens with two attached hydrogens (primary N) is 1. The Morgan fingerprint density at radius 3 is 2.68 bits per heavy atom. The molecular weight excluding hydrogens is 282 g/mol. The van der Waals surface area contributed by atoms with Gasteiger partial charge in [-0.15, -0.1) is 0 Å². The molecule has 106 valence electrons. The van der Waals surface area contributed by atoms with Crippen molar-refractivity contribution in [1.82, 2.24) is 4.37 Å². The summed E-state index contributed by atoms with van der Waals surface area (Å²) in [7, 11) is -3.28. The SMILES string of the molecule is CC1(CNc2snc(N)c2S(=O)(=O)C2CC2)CCC1. The lowest BCUT2D eigenvalue weighted by atomic mass is 9.70. The van der Waals surface area contributed by atoms with Crippen LogP contribution in [-0.2, 0) is 9.84 Å². The highest BCUT2D eigenvalue weighted by atomic mass is 32.2. The number of nitrogens with one attached hydrogen (secondary N) is 1. The molecule has 0 aliphatic heterocycles. The third-order valence-electron chi connectivity index (χ3n) is 4.16. The van der Waals surface area contributed by atoms with Gasteiger partial charge < -0.3 is 11.1 Å². The van der Waals surface area contributed by atoms with Crippen molar-refractivity contribution >= 4 is 32.2 Å². The Morgan fingerprint density at radius 1 is 1.47 bits per heavy atom. The molecule has 2 saturated carbocycles. The fourth-order valence-corrected chi connectivity index (χ4v) is 5.36. The molecule has 3 rings (SSSR count). The molecule has 2 fully saturated rings. The monoisotopic (exact) mass is 301 g/mol. The molecular formula is C12H19N3O2S2. The lowest BCUT2D eigenvalue weighted by Crippen LogP contribution is -2.33. The van der Waals surface area contributed by atoms with Crippen LogP contribution in [0.5, 0.6) is 0 Å². The highest BCUT2D eigenvalue weighted by molar-refractivity contribution is 7.92. The van der Waals surface area contributed by atoms with Gasteiger partial charge in [0.25, 0.3) is 0 Å². The molecule has 2 aliphatic rings. The second-order valence-electron chi connectivity index (χ2n) is 5.99. The van der Waals surface area contributed by atoms with Gasteiger partial charge in [-0.3, -0.25) is 0 Å². The molecule has 19 heavy (non-hydrogen) atoms. The maximum atomic E-state index is 12.4. The van der Waals surface area contributed by atoms with Gasteiger partial charge in [0.15, 0.2) is 15.7 Å². The number of hydrogen-bond acceptors (Lipinski definition) is 6. The van der Waals surface area contributed by atoms with Gasteiger partial charge >= 0.3 is 0 Å². The molecule has 3 N–H and O–H groups in total. The second kappa shape index (κ2) is 4.34. The van der Waals surface area contributed by atoms with E-state index in [1.54, 1.807) is 0 Å². The van der Waals surface area contributed by atoms with Crippen LogP contribution in [0.4, 0.5) is 10.8 Å². The molecule has 1 aromatic heterocycles. The highest BCUT2D eigenvalue weighted by Crippen LogP contribution is 2.43. The molecule has 5 nitrogen and oxygen atoms in total. The molecule has 0 atom stereocenters. The van der Waals surface area contributed by atoms with E-state index in [2.05, 4.69) is 16.6 Å². The Kier molecular flexibility index (Phi) is 3.01. The summed E-state index contributed by atoms with van der Waals surface area (Å²) in [5.41, 5.74) is 6.05. The van der Waals surface area contributed by atoms with Gasteiger partial charge in [-0.1, -0.05) is 13.3 Å². The van der Waals surface area contributed by atoms with Gasteiger partial charge in [-0.05, 0) is 42.6 Å². The number of aromatic nitrogens is 1. The van der Waals surface area contributed by atoms with E-state index in [-0.39, 0.29) is 16.0 Å². The van der Waals surface area contributed by atoms with E-state index in [1.165, 1.54) is 19.3 Å². The quantitative estimate of drug-likeness (QED) is 0.871. The summed E-state index contributed by atoms with van der Waals surface area (Å²) in [6.45, 7) is 3.02. The first kappa shape index (κ1) is 13.2. The van der Waals surface area contributed by atoms with Gasteiger partial charge in [0.2, 0.25) is 0 Å². The lowest BCUT2D eigenvalue weighted by molar-refractivity contribution is 0.180. The van der Waals surface area contributed by atoms with Crippen LogP contribution in [0.1, 0.15) is 39.0 Å². The normalized spacial score (nSPS) is 21.9. The highest BCUT2D eigenvalue weighted by Gasteiger charge is 2.41. The van der Waals surface area contributed by atoms with E-state index in [4.69, 9.17) is 5.73 Å². The van der Waals surface area contributed by atoms with Crippen LogP contribution in [0.15, 0.2) is 4.90 Å². The van der Waals surface area contributed by atoms with E-state index < -0.39 is 9.84 Å². The number of hydrogen-bond donors (Lipinski definition) is 2. The van der Waals surface area contributed by atoms with Crippen molar-refractivity contribution in [2.24, 2.45) is 5.41 Å². The number of anilines is 2. The molecule has 2 aliphatic carbocycles. The Bertz CT molecular complexity index is 586. The minimum atomic E-state index is -3.28. The zero-order valence-corrected chi connectivity index (χ0v) is 12.6. The Labute approximate surface area is 117 Å². The first-order chi connectivity index (χ1) is 8.92. The molecule has 1 heterocycles. The van der Waals surface area contributed by atoms with E-state index in [1.807, 2.05) is 0 Å². The maximum Gasteiger partial charge on any atom is 0.187 e. The Hall–Kier alpha value is -0.820. The van der Waals surface area contributed by atoms with Crippen molar-refractivity contribution < 1.29 is 8.42 Å². The van der Waals surface area contributed by atoms with Crippen molar-refractivity contribution in [2.75, 3.05) is 17.6 Å². The van der Waals surface area contributed by atoms with Crippen LogP contribution in [0.25, 0.3) is 0 Å². The number of sulfone groups is 1. The molecule has 0 spiro atoms. The van der Waals surface area contributed by atoms with Crippen LogP contribution in [0.2, 0.25) is 0 Å². The first-order valence-electron chi connectivity index (χ1n) is 6.65. The van der Waals surface area contributed by atoms with Gasteiger partial charge in [0, 0.05) is 6.54 Å². The second-order valence-corrected chi connectivity index (χ2v) is 8.93. The Morgan fingerprint density at radius 2 is 2.16 bits per heavy atom.